The topological polar surface area (TPSA) is 88.8 Å². The van der Waals surface area contributed by atoms with Gasteiger partial charge in [-0.15, -0.1) is 0 Å². The second-order valence-corrected chi connectivity index (χ2v) is 4.11. The predicted octanol–water partition coefficient (Wildman–Crippen LogP) is 1.37. The molecular formula is C13H12N6O. The van der Waals surface area contributed by atoms with Gasteiger partial charge >= 0.3 is 0 Å². The number of nitrogens with zero attached hydrogens (tertiary/aromatic N) is 5. The van der Waals surface area contributed by atoms with Crippen LogP contribution >= 0.6 is 0 Å². The van der Waals surface area contributed by atoms with Crippen LogP contribution in [0.1, 0.15) is 5.69 Å². The van der Waals surface area contributed by atoms with Gasteiger partial charge in [0, 0.05) is 0 Å². The maximum Gasteiger partial charge on any atom is 0.155 e. The van der Waals surface area contributed by atoms with Gasteiger partial charge in [0.25, 0.3) is 0 Å². The van der Waals surface area contributed by atoms with E-state index in [-0.39, 0.29) is 5.75 Å². The van der Waals surface area contributed by atoms with Gasteiger partial charge in [-0.25, -0.2) is 14.6 Å². The molecule has 0 aliphatic carbocycles. The molecule has 0 radical (unpaired) electrons. The van der Waals surface area contributed by atoms with E-state index in [2.05, 4.69) is 25.4 Å². The molecule has 0 atom stereocenters. The number of hydrogen-bond donors (Lipinski definition) is 2. The molecule has 7 nitrogen and oxygen atoms in total. The summed E-state index contributed by atoms with van der Waals surface area (Å²) in [5, 5.41) is 16.4. The van der Waals surface area contributed by atoms with Crippen LogP contribution in [-0.2, 0) is 6.54 Å². The lowest BCUT2D eigenvalue weighted by atomic mass is 10.3. The van der Waals surface area contributed by atoms with E-state index in [9.17, 15) is 0 Å². The van der Waals surface area contributed by atoms with Crippen molar-refractivity contribution in [1.29, 1.82) is 0 Å². The zero-order valence-corrected chi connectivity index (χ0v) is 10.5. The Morgan fingerprint density at radius 1 is 1.10 bits per heavy atom. The van der Waals surface area contributed by atoms with E-state index < -0.39 is 0 Å². The molecule has 0 aromatic carbocycles. The average molecular weight is 268 g/mol. The van der Waals surface area contributed by atoms with E-state index in [1.54, 1.807) is 29.3 Å². The molecule has 3 aromatic rings. The lowest BCUT2D eigenvalue weighted by molar-refractivity contribution is 0.472. The fourth-order valence-electron chi connectivity index (χ4n) is 1.67. The van der Waals surface area contributed by atoms with Gasteiger partial charge in [-0.3, -0.25) is 4.98 Å². The van der Waals surface area contributed by atoms with Crippen LogP contribution in [0.15, 0.2) is 49.3 Å². The average Bonchev–Trinajstić information content (AvgIpc) is 3.01. The van der Waals surface area contributed by atoms with Crippen molar-refractivity contribution >= 4 is 5.69 Å². The van der Waals surface area contributed by atoms with Crippen LogP contribution in [0.4, 0.5) is 5.69 Å². The monoisotopic (exact) mass is 268 g/mol. The van der Waals surface area contributed by atoms with Crippen molar-refractivity contribution in [3.8, 4) is 11.6 Å². The second kappa shape index (κ2) is 5.35. The summed E-state index contributed by atoms with van der Waals surface area (Å²) in [5.41, 5.74) is 1.71. The highest BCUT2D eigenvalue weighted by Crippen LogP contribution is 2.11. The first kappa shape index (κ1) is 12.1. The summed E-state index contributed by atoms with van der Waals surface area (Å²) in [4.78, 5) is 12.3. The lowest BCUT2D eigenvalue weighted by Gasteiger charge is -2.06. The summed E-state index contributed by atoms with van der Waals surface area (Å²) in [6, 6.07) is 7.13. The van der Waals surface area contributed by atoms with E-state index in [0.717, 1.165) is 11.4 Å². The molecule has 0 fully saturated rings. The number of anilines is 1. The van der Waals surface area contributed by atoms with E-state index in [4.69, 9.17) is 5.11 Å². The molecule has 3 aromatic heterocycles. The molecule has 7 heteroatoms. The van der Waals surface area contributed by atoms with Crippen LogP contribution in [0.2, 0.25) is 0 Å². The lowest BCUT2D eigenvalue weighted by Crippen LogP contribution is -2.03. The normalized spacial score (nSPS) is 10.4. The van der Waals surface area contributed by atoms with E-state index in [0.29, 0.717) is 12.4 Å². The third-order valence-corrected chi connectivity index (χ3v) is 2.68. The Bertz CT molecular complexity index is 663. The van der Waals surface area contributed by atoms with Crippen LogP contribution in [0, 0.1) is 0 Å². The van der Waals surface area contributed by atoms with Gasteiger partial charge in [-0.2, -0.15) is 5.10 Å². The molecule has 0 saturated heterocycles. The second-order valence-electron chi connectivity index (χ2n) is 4.11. The quantitative estimate of drug-likeness (QED) is 0.743. The molecular weight excluding hydrogens is 256 g/mol. The van der Waals surface area contributed by atoms with Crippen LogP contribution in [0.25, 0.3) is 5.82 Å². The number of rotatable bonds is 4. The number of aromatic nitrogens is 5. The van der Waals surface area contributed by atoms with Gasteiger partial charge < -0.3 is 10.4 Å². The number of pyridine rings is 2. The summed E-state index contributed by atoms with van der Waals surface area (Å²) >= 11 is 0. The Morgan fingerprint density at radius 2 is 2.05 bits per heavy atom. The number of nitrogens with one attached hydrogen (secondary N) is 1. The van der Waals surface area contributed by atoms with Crippen LogP contribution in [0.3, 0.4) is 0 Å². The molecule has 3 heterocycles. The Labute approximate surface area is 115 Å². The summed E-state index contributed by atoms with van der Waals surface area (Å²) in [5.74, 6) is 0.864. The minimum Gasteiger partial charge on any atom is -0.506 e. The molecule has 0 aliphatic heterocycles. The number of hydrogen-bond acceptors (Lipinski definition) is 6. The Morgan fingerprint density at radius 3 is 2.70 bits per heavy atom. The van der Waals surface area contributed by atoms with Crippen molar-refractivity contribution < 1.29 is 5.11 Å². The molecule has 0 aliphatic rings. The SMILES string of the molecule is Oc1ccc(CNc2ccc(-n3cncn3)nc2)nc1. The maximum atomic E-state index is 9.16. The van der Waals surface area contributed by atoms with Crippen molar-refractivity contribution in [2.75, 3.05) is 5.32 Å². The molecule has 3 rings (SSSR count). The van der Waals surface area contributed by atoms with Gasteiger partial charge in [-0.1, -0.05) is 0 Å². The van der Waals surface area contributed by atoms with Gasteiger partial charge in [0.05, 0.1) is 30.3 Å². The Hall–Kier alpha value is -2.96. The van der Waals surface area contributed by atoms with E-state index in [1.165, 1.54) is 12.5 Å². The van der Waals surface area contributed by atoms with Crippen molar-refractivity contribution in [3.05, 3.63) is 55.0 Å². The van der Waals surface area contributed by atoms with E-state index >= 15 is 0 Å². The number of aromatic hydroxyl groups is 1. The maximum absolute atomic E-state index is 9.16. The Kier molecular flexibility index (Phi) is 3.24. The van der Waals surface area contributed by atoms with E-state index in [1.807, 2.05) is 12.1 Å². The molecule has 0 spiro atoms. The van der Waals surface area contributed by atoms with Crippen LogP contribution in [-0.4, -0.2) is 29.8 Å². The first-order valence-electron chi connectivity index (χ1n) is 6.00. The summed E-state index contributed by atoms with van der Waals surface area (Å²) in [7, 11) is 0. The van der Waals surface area contributed by atoms with Crippen LogP contribution < -0.4 is 5.32 Å². The van der Waals surface area contributed by atoms with Crippen molar-refractivity contribution in [1.82, 2.24) is 24.7 Å². The third-order valence-electron chi connectivity index (χ3n) is 2.68. The zero-order chi connectivity index (χ0) is 13.8. The van der Waals surface area contributed by atoms with Gasteiger partial charge in [-0.05, 0) is 24.3 Å². The minimum absolute atomic E-state index is 0.160. The Balaban J connectivity index is 1.65. The molecule has 0 bridgehead atoms. The molecule has 20 heavy (non-hydrogen) atoms. The summed E-state index contributed by atoms with van der Waals surface area (Å²) < 4.78 is 1.59. The fourth-order valence-corrected chi connectivity index (χ4v) is 1.67. The standard InChI is InChI=1S/C13H12N6O/c20-12-3-1-10(16-7-12)5-15-11-2-4-13(17-6-11)19-9-14-8-18-19/h1-4,6-9,15,20H,5H2. The largest absolute Gasteiger partial charge is 0.506 e. The minimum atomic E-state index is 0.160. The summed E-state index contributed by atoms with van der Waals surface area (Å²) in [6.45, 7) is 0.560. The van der Waals surface area contributed by atoms with Crippen molar-refractivity contribution in [2.24, 2.45) is 0 Å². The third kappa shape index (κ3) is 2.72. The molecule has 0 amide bonds. The van der Waals surface area contributed by atoms with Crippen molar-refractivity contribution in [3.63, 3.8) is 0 Å². The molecule has 0 saturated carbocycles. The van der Waals surface area contributed by atoms with Crippen LogP contribution in [0.5, 0.6) is 5.75 Å². The highest BCUT2D eigenvalue weighted by Gasteiger charge is 2.00. The zero-order valence-electron chi connectivity index (χ0n) is 10.5. The summed E-state index contributed by atoms with van der Waals surface area (Å²) in [6.07, 6.45) is 6.20. The fraction of sp³-hybridized carbons (Fsp3) is 0.0769. The smallest absolute Gasteiger partial charge is 0.155 e. The molecule has 100 valence electrons. The predicted molar refractivity (Wildman–Crippen MR) is 72.4 cm³/mol. The first-order valence-corrected chi connectivity index (χ1v) is 6.00. The van der Waals surface area contributed by atoms with Crippen molar-refractivity contribution in [2.45, 2.75) is 6.54 Å². The highest BCUT2D eigenvalue weighted by molar-refractivity contribution is 5.43. The molecule has 0 unspecified atom stereocenters. The molecule has 2 N–H and O–H groups in total. The van der Waals surface area contributed by atoms with Gasteiger partial charge in [0.2, 0.25) is 0 Å². The van der Waals surface area contributed by atoms with Gasteiger partial charge in [0.15, 0.2) is 5.82 Å². The van der Waals surface area contributed by atoms with Gasteiger partial charge in [0.1, 0.15) is 18.4 Å². The first-order chi connectivity index (χ1) is 9.81. The highest BCUT2D eigenvalue weighted by atomic mass is 16.3.